The van der Waals surface area contributed by atoms with Crippen molar-refractivity contribution in [2.45, 2.75) is 72.1 Å². The molecule has 1 aromatic carbocycles. The van der Waals surface area contributed by atoms with E-state index in [0.717, 1.165) is 12.8 Å². The van der Waals surface area contributed by atoms with Crippen LogP contribution < -0.4 is 4.74 Å². The molecule has 0 aliphatic heterocycles. The van der Waals surface area contributed by atoms with Crippen LogP contribution in [0.4, 0.5) is 13.2 Å². The molecule has 8 atom stereocenters. The van der Waals surface area contributed by atoms with Crippen LogP contribution in [0, 0.1) is 51.7 Å². The van der Waals surface area contributed by atoms with Gasteiger partial charge in [0.15, 0.2) is 5.76 Å². The molecule has 0 amide bonds. The highest BCUT2D eigenvalue weighted by molar-refractivity contribution is 6.02. The van der Waals surface area contributed by atoms with Crippen LogP contribution in [0.5, 0.6) is 5.75 Å². The Morgan fingerprint density at radius 3 is 2.51 bits per heavy atom. The minimum Gasteiger partial charge on any atom is -0.508 e. The average molecular weight is 574 g/mol. The number of ether oxygens (including phenoxy) is 1. The van der Waals surface area contributed by atoms with Crippen molar-refractivity contribution in [3.05, 3.63) is 65.4 Å². The summed E-state index contributed by atoms with van der Waals surface area (Å²) < 4.78 is 52.2. The second-order valence-electron chi connectivity index (χ2n) is 13.4. The van der Waals surface area contributed by atoms with Gasteiger partial charge in [-0.15, -0.1) is 0 Å². The molecule has 5 rings (SSSR count). The van der Waals surface area contributed by atoms with Crippen LogP contribution in [0.15, 0.2) is 59.2 Å². The SMILES string of the molecule is COc1cccc(F)c1/C(CCC[C@@H](C)[C@H]1CC[C@H]2[C@@H]3C(F)(F)C[C@H]4C(O)=C(O)C=C[C@]4(C)[C@@]3(C)C=C[C@]12C)=N\O. The molecule has 2 fully saturated rings. The Kier molecular flexibility index (Phi) is 7.31. The number of alkyl halides is 2. The zero-order valence-electron chi connectivity index (χ0n) is 24.5. The number of rotatable bonds is 7. The Morgan fingerprint density at radius 1 is 1.10 bits per heavy atom. The number of aliphatic hydroxyl groups is 2. The summed E-state index contributed by atoms with van der Waals surface area (Å²) in [6, 6.07) is 4.47. The van der Waals surface area contributed by atoms with Crippen LogP contribution in [-0.2, 0) is 0 Å². The molecule has 0 aromatic heterocycles. The number of allylic oxidation sites excluding steroid dienone is 5. The third-order valence-electron chi connectivity index (χ3n) is 11.6. The van der Waals surface area contributed by atoms with Gasteiger partial charge in [-0.25, -0.2) is 13.2 Å². The molecule has 4 aliphatic rings. The lowest BCUT2D eigenvalue weighted by Gasteiger charge is -2.64. The summed E-state index contributed by atoms with van der Waals surface area (Å²) in [6.07, 6.45) is 10.2. The highest BCUT2D eigenvalue weighted by Crippen LogP contribution is 2.73. The number of halogens is 3. The van der Waals surface area contributed by atoms with Crippen molar-refractivity contribution in [2.24, 2.45) is 51.0 Å². The fourth-order valence-electron chi connectivity index (χ4n) is 9.20. The fourth-order valence-corrected chi connectivity index (χ4v) is 9.20. The zero-order chi connectivity index (χ0) is 30.0. The molecule has 0 spiro atoms. The third-order valence-corrected chi connectivity index (χ3v) is 11.6. The average Bonchev–Trinajstić information content (AvgIpc) is 3.27. The largest absolute Gasteiger partial charge is 0.508 e. The number of hydrogen-bond donors (Lipinski definition) is 3. The van der Waals surface area contributed by atoms with Gasteiger partial charge >= 0.3 is 0 Å². The van der Waals surface area contributed by atoms with Gasteiger partial charge < -0.3 is 20.2 Å². The lowest BCUT2D eigenvalue weighted by Crippen LogP contribution is -2.63. The molecule has 5 nitrogen and oxygen atoms in total. The molecule has 0 bridgehead atoms. The summed E-state index contributed by atoms with van der Waals surface area (Å²) in [4.78, 5) is 0. The first-order valence-electron chi connectivity index (χ1n) is 14.7. The minimum atomic E-state index is -3.02. The van der Waals surface area contributed by atoms with Gasteiger partial charge in [0.25, 0.3) is 5.92 Å². The van der Waals surface area contributed by atoms with Gasteiger partial charge in [0, 0.05) is 29.1 Å². The number of fused-ring (bicyclic) bond motifs is 5. The lowest BCUT2D eigenvalue weighted by atomic mass is 9.41. The van der Waals surface area contributed by atoms with E-state index in [4.69, 9.17) is 4.74 Å². The molecule has 8 heteroatoms. The van der Waals surface area contributed by atoms with Gasteiger partial charge in [-0.3, -0.25) is 0 Å². The van der Waals surface area contributed by atoms with E-state index >= 15 is 8.78 Å². The van der Waals surface area contributed by atoms with Crippen molar-refractivity contribution in [2.75, 3.05) is 7.11 Å². The number of hydrogen-bond acceptors (Lipinski definition) is 5. The Bertz CT molecular complexity index is 1320. The van der Waals surface area contributed by atoms with Gasteiger partial charge in [0.05, 0.1) is 18.4 Å². The molecule has 224 valence electrons. The van der Waals surface area contributed by atoms with E-state index in [0.29, 0.717) is 25.0 Å². The highest BCUT2D eigenvalue weighted by atomic mass is 19.3. The Labute approximate surface area is 240 Å². The number of methoxy groups -OCH3 is 1. The number of aliphatic hydroxyl groups excluding tert-OH is 2. The molecule has 41 heavy (non-hydrogen) atoms. The van der Waals surface area contributed by atoms with Crippen LogP contribution in [0.25, 0.3) is 0 Å². The first-order valence-corrected chi connectivity index (χ1v) is 14.7. The normalized spacial score (nSPS) is 38.3. The topological polar surface area (TPSA) is 82.3 Å². The Hall–Kier alpha value is -2.90. The predicted octanol–water partition coefficient (Wildman–Crippen LogP) is 8.60. The molecule has 4 aliphatic carbocycles. The first kappa shape index (κ1) is 29.6. The van der Waals surface area contributed by atoms with E-state index < -0.39 is 46.2 Å². The van der Waals surface area contributed by atoms with Gasteiger partial charge in [0.2, 0.25) is 0 Å². The fraction of sp³-hybridized carbons (Fsp3) is 0.606. The summed E-state index contributed by atoms with van der Waals surface area (Å²) in [5.74, 6) is -5.48. The smallest absolute Gasteiger partial charge is 0.252 e. The summed E-state index contributed by atoms with van der Waals surface area (Å²) in [6.45, 7) is 8.12. The maximum atomic E-state index is 16.2. The molecule has 0 saturated heterocycles. The van der Waals surface area contributed by atoms with Crippen LogP contribution in [0.1, 0.15) is 71.8 Å². The predicted molar refractivity (Wildman–Crippen MR) is 152 cm³/mol. The Morgan fingerprint density at radius 2 is 1.83 bits per heavy atom. The van der Waals surface area contributed by atoms with Crippen molar-refractivity contribution in [1.82, 2.24) is 0 Å². The maximum Gasteiger partial charge on any atom is 0.252 e. The molecular weight excluding hydrogens is 531 g/mol. The van der Waals surface area contributed by atoms with E-state index in [1.807, 2.05) is 26.0 Å². The van der Waals surface area contributed by atoms with Crippen molar-refractivity contribution in [3.63, 3.8) is 0 Å². The molecule has 0 heterocycles. The van der Waals surface area contributed by atoms with E-state index in [9.17, 15) is 19.8 Å². The molecular formula is C33H42F3NO4. The summed E-state index contributed by atoms with van der Waals surface area (Å²) >= 11 is 0. The van der Waals surface area contributed by atoms with E-state index in [1.165, 1.54) is 19.3 Å². The maximum absolute atomic E-state index is 16.2. The quantitative estimate of drug-likeness (QED) is 0.132. The van der Waals surface area contributed by atoms with Crippen molar-refractivity contribution < 1.29 is 33.3 Å². The van der Waals surface area contributed by atoms with E-state index in [1.54, 1.807) is 12.1 Å². The van der Waals surface area contributed by atoms with Crippen LogP contribution in [-0.4, -0.2) is 34.2 Å². The van der Waals surface area contributed by atoms with Crippen LogP contribution >= 0.6 is 0 Å². The van der Waals surface area contributed by atoms with Crippen LogP contribution in [0.3, 0.4) is 0 Å². The minimum absolute atomic E-state index is 0.157. The van der Waals surface area contributed by atoms with Gasteiger partial charge in [-0.1, -0.05) is 63.6 Å². The Balaban J connectivity index is 1.37. The van der Waals surface area contributed by atoms with Crippen LogP contribution in [0.2, 0.25) is 0 Å². The van der Waals surface area contributed by atoms with Gasteiger partial charge in [0.1, 0.15) is 17.3 Å². The van der Waals surface area contributed by atoms with Gasteiger partial charge in [-0.05, 0) is 67.1 Å². The van der Waals surface area contributed by atoms with Gasteiger partial charge in [-0.2, -0.15) is 0 Å². The van der Waals surface area contributed by atoms with Crippen molar-refractivity contribution >= 4 is 5.71 Å². The molecule has 2 saturated carbocycles. The summed E-state index contributed by atoms with van der Waals surface area (Å²) in [7, 11) is 1.44. The van der Waals surface area contributed by atoms with E-state index in [2.05, 4.69) is 25.1 Å². The van der Waals surface area contributed by atoms with Crippen molar-refractivity contribution in [1.29, 1.82) is 0 Å². The number of oxime groups is 1. The number of benzene rings is 1. The molecule has 1 aromatic rings. The summed E-state index contributed by atoms with van der Waals surface area (Å²) in [5.41, 5.74) is -1.70. The molecule has 3 N–H and O–H groups in total. The van der Waals surface area contributed by atoms with E-state index in [-0.39, 0.29) is 40.5 Å². The standard InChI is InChI=1S/C33H42F3NO4/c1-19(8-6-10-24(37-40)27-23(34)9-7-11-26(27)41-5)20-12-13-21-29-32(4,17-16-30(20,21)2)31(3)15-14-25(38)28(39)22(31)18-33(29,35)36/h7,9,11,14-17,19-22,29,38-40H,6,8,10,12-13,18H2,1-5H3/b37-24-/t19-,20-,21+,22+,29+,30-,31+,32+/m1/s1. The molecule has 0 unspecified atom stereocenters. The zero-order valence-corrected chi connectivity index (χ0v) is 24.5. The summed E-state index contributed by atoms with van der Waals surface area (Å²) in [5, 5.41) is 33.8. The second-order valence-corrected chi connectivity index (χ2v) is 13.4. The monoisotopic (exact) mass is 573 g/mol. The second kappa shape index (κ2) is 10.1. The first-order chi connectivity index (χ1) is 19.2. The third kappa shape index (κ3) is 4.30. The lowest BCUT2D eigenvalue weighted by molar-refractivity contribution is -0.218. The highest BCUT2D eigenvalue weighted by Gasteiger charge is 2.71. The number of nitrogens with zero attached hydrogens (tertiary/aromatic N) is 1. The van der Waals surface area contributed by atoms with Crippen molar-refractivity contribution in [3.8, 4) is 5.75 Å². The molecule has 0 radical (unpaired) electrons.